The average molecular weight is 597 g/mol. The van der Waals surface area contributed by atoms with Crippen LogP contribution in [0.4, 0.5) is 0 Å². The molecule has 0 aliphatic carbocycles. The second kappa shape index (κ2) is 23.6. The Hall–Kier alpha value is -1.93. The first-order valence-corrected chi connectivity index (χ1v) is 17.7. The molecule has 1 rings (SSSR count). The molecule has 0 saturated heterocycles. The van der Waals surface area contributed by atoms with E-state index in [4.69, 9.17) is 14.0 Å². The van der Waals surface area contributed by atoms with Crippen LogP contribution >= 0.6 is 0 Å². The van der Waals surface area contributed by atoms with Crippen LogP contribution in [0.5, 0.6) is 0 Å². The summed E-state index contributed by atoms with van der Waals surface area (Å²) < 4.78 is 41.7. The Bertz CT molecular complexity index is 929. The highest BCUT2D eigenvalue weighted by Gasteiger charge is 2.21. The van der Waals surface area contributed by atoms with Gasteiger partial charge in [0.25, 0.3) is 10.1 Å². The van der Waals surface area contributed by atoms with Gasteiger partial charge in [0.15, 0.2) is 0 Å². The highest BCUT2D eigenvalue weighted by molar-refractivity contribution is 7.86. The van der Waals surface area contributed by atoms with Gasteiger partial charge in [0.2, 0.25) is 0 Å². The van der Waals surface area contributed by atoms with E-state index in [1.54, 1.807) is 12.1 Å². The summed E-state index contributed by atoms with van der Waals surface area (Å²) in [4.78, 5) is 24.9. The molecule has 0 radical (unpaired) electrons. The summed E-state index contributed by atoms with van der Waals surface area (Å²) >= 11 is 0. The molecule has 0 aliphatic rings. The minimum atomic E-state index is -4.18. The van der Waals surface area contributed by atoms with E-state index in [9.17, 15) is 18.0 Å². The molecule has 0 aliphatic heterocycles. The molecule has 1 aromatic carbocycles. The first-order valence-electron chi connectivity index (χ1n) is 16.2. The summed E-state index contributed by atoms with van der Waals surface area (Å²) in [6.07, 6.45) is 24.7. The number of rotatable bonds is 26. The zero-order valence-electron chi connectivity index (χ0n) is 25.7. The van der Waals surface area contributed by atoms with E-state index < -0.39 is 27.3 Å². The van der Waals surface area contributed by atoms with Crippen LogP contribution in [0, 0.1) is 0 Å². The molecule has 0 fully saturated rings. The van der Waals surface area contributed by atoms with Crippen molar-refractivity contribution in [2.24, 2.45) is 0 Å². The molecule has 0 amide bonds. The van der Waals surface area contributed by atoms with E-state index in [1.807, 2.05) is 0 Å². The lowest BCUT2D eigenvalue weighted by atomic mass is 10.0. The predicted octanol–water partition coefficient (Wildman–Crippen LogP) is 9.10. The standard InChI is InChI=1S/C33H56O7S/c1-3-4-5-6-7-8-9-10-11-12-13-14-15-16-17-18-19-20-23-27-39-32(34)30-24-21-22-25-31(30)33(35)40-28-26-29(2)41(36,37)38/h21-22,24-25,29H,3-20,23,26-28H2,1-2H3,(H,36,37,38). The van der Waals surface area contributed by atoms with Gasteiger partial charge in [-0.25, -0.2) is 9.59 Å². The van der Waals surface area contributed by atoms with E-state index in [0.717, 1.165) is 19.3 Å². The lowest BCUT2D eigenvalue weighted by molar-refractivity contribution is 0.0451. The molecule has 0 spiro atoms. The smallest absolute Gasteiger partial charge is 0.339 e. The Kier molecular flexibility index (Phi) is 21.4. The van der Waals surface area contributed by atoms with Gasteiger partial charge in [-0.05, 0) is 25.5 Å². The number of benzene rings is 1. The van der Waals surface area contributed by atoms with E-state index in [2.05, 4.69) is 6.92 Å². The van der Waals surface area contributed by atoms with Gasteiger partial charge in [-0.3, -0.25) is 4.55 Å². The van der Waals surface area contributed by atoms with Crippen molar-refractivity contribution in [1.82, 2.24) is 0 Å². The van der Waals surface area contributed by atoms with Crippen molar-refractivity contribution in [3.8, 4) is 0 Å². The van der Waals surface area contributed by atoms with Crippen molar-refractivity contribution in [1.29, 1.82) is 0 Å². The molecule has 236 valence electrons. The second-order valence-electron chi connectivity index (χ2n) is 11.3. The molecule has 1 atom stereocenters. The zero-order valence-corrected chi connectivity index (χ0v) is 26.6. The maximum atomic E-state index is 12.5. The topological polar surface area (TPSA) is 107 Å². The number of esters is 2. The van der Waals surface area contributed by atoms with Crippen molar-refractivity contribution in [2.45, 2.75) is 148 Å². The lowest BCUT2D eigenvalue weighted by Crippen LogP contribution is -2.20. The van der Waals surface area contributed by atoms with Crippen LogP contribution < -0.4 is 0 Å². The van der Waals surface area contributed by atoms with Crippen LogP contribution in [0.25, 0.3) is 0 Å². The first kappa shape index (κ1) is 37.1. The van der Waals surface area contributed by atoms with E-state index in [1.165, 1.54) is 122 Å². The highest BCUT2D eigenvalue weighted by atomic mass is 32.2. The molecule has 7 nitrogen and oxygen atoms in total. The minimum absolute atomic E-state index is 0.0451. The van der Waals surface area contributed by atoms with Gasteiger partial charge in [0.1, 0.15) is 0 Å². The van der Waals surface area contributed by atoms with E-state index >= 15 is 0 Å². The maximum Gasteiger partial charge on any atom is 0.339 e. The van der Waals surface area contributed by atoms with Gasteiger partial charge in [-0.2, -0.15) is 8.42 Å². The Morgan fingerprint density at radius 2 is 0.976 bits per heavy atom. The van der Waals surface area contributed by atoms with Crippen LogP contribution in [0.3, 0.4) is 0 Å². The van der Waals surface area contributed by atoms with Crippen LogP contribution in [0.2, 0.25) is 0 Å². The largest absolute Gasteiger partial charge is 0.462 e. The molecule has 1 unspecified atom stereocenters. The third-order valence-corrected chi connectivity index (χ3v) is 8.87. The average Bonchev–Trinajstić information content (AvgIpc) is 2.95. The maximum absolute atomic E-state index is 12.5. The molecule has 1 aromatic rings. The third-order valence-electron chi connectivity index (χ3n) is 7.61. The summed E-state index contributed by atoms with van der Waals surface area (Å²) in [7, 11) is -4.18. The van der Waals surface area contributed by atoms with Crippen LogP contribution in [-0.4, -0.2) is 43.4 Å². The molecule has 0 bridgehead atoms. The number of unbranched alkanes of at least 4 members (excludes halogenated alkanes) is 18. The van der Waals surface area contributed by atoms with Crippen molar-refractivity contribution in [3.63, 3.8) is 0 Å². The quantitative estimate of drug-likeness (QED) is 0.0645. The fourth-order valence-electron chi connectivity index (χ4n) is 4.81. The SMILES string of the molecule is CCCCCCCCCCCCCCCCCCCCCOC(=O)c1ccccc1C(=O)OCCC(C)S(=O)(=O)O. The monoisotopic (exact) mass is 596 g/mol. The van der Waals surface area contributed by atoms with Gasteiger partial charge < -0.3 is 9.47 Å². The molecule has 0 heterocycles. The summed E-state index contributed by atoms with van der Waals surface area (Å²) in [6, 6.07) is 6.25. The molecule has 41 heavy (non-hydrogen) atoms. The van der Waals surface area contributed by atoms with Crippen molar-refractivity contribution in [3.05, 3.63) is 35.4 Å². The second-order valence-corrected chi connectivity index (χ2v) is 13.1. The molecule has 8 heteroatoms. The fourth-order valence-corrected chi connectivity index (χ4v) is 5.20. The van der Waals surface area contributed by atoms with Crippen LogP contribution in [-0.2, 0) is 19.6 Å². The minimum Gasteiger partial charge on any atom is -0.462 e. The van der Waals surface area contributed by atoms with E-state index in [-0.39, 0.29) is 24.2 Å². The van der Waals surface area contributed by atoms with Gasteiger partial charge in [0, 0.05) is 6.42 Å². The van der Waals surface area contributed by atoms with Crippen molar-refractivity contribution < 1.29 is 32.0 Å². The number of carbonyl (C=O) groups excluding carboxylic acids is 2. The molecule has 0 aromatic heterocycles. The first-order chi connectivity index (χ1) is 19.8. The molecule has 0 saturated carbocycles. The molecule has 1 N–H and O–H groups in total. The summed E-state index contributed by atoms with van der Waals surface area (Å²) in [6.45, 7) is 3.71. The summed E-state index contributed by atoms with van der Waals surface area (Å²) in [5.41, 5.74) is 0.198. The van der Waals surface area contributed by atoms with Crippen molar-refractivity contribution in [2.75, 3.05) is 13.2 Å². The summed E-state index contributed by atoms with van der Waals surface area (Å²) in [5, 5.41) is -1.05. The Balaban J connectivity index is 2.04. The van der Waals surface area contributed by atoms with Crippen LogP contribution in [0.15, 0.2) is 24.3 Å². The van der Waals surface area contributed by atoms with E-state index in [0.29, 0.717) is 6.61 Å². The number of hydrogen-bond acceptors (Lipinski definition) is 6. The highest BCUT2D eigenvalue weighted by Crippen LogP contribution is 2.16. The number of hydrogen-bond donors (Lipinski definition) is 1. The van der Waals surface area contributed by atoms with Gasteiger partial charge >= 0.3 is 11.9 Å². The Morgan fingerprint density at radius 1 is 0.634 bits per heavy atom. The Labute approximate surface area is 249 Å². The lowest BCUT2D eigenvalue weighted by Gasteiger charge is -2.11. The third kappa shape index (κ3) is 19.0. The summed E-state index contributed by atoms with van der Waals surface area (Å²) in [5.74, 6) is -1.31. The fraction of sp³-hybridized carbons (Fsp3) is 0.758. The normalized spacial score (nSPS) is 12.3. The Morgan fingerprint density at radius 3 is 1.34 bits per heavy atom. The zero-order chi connectivity index (χ0) is 30.2. The molecular formula is C33H56O7S. The van der Waals surface area contributed by atoms with Gasteiger partial charge in [-0.1, -0.05) is 135 Å². The number of ether oxygens (including phenoxy) is 2. The molecular weight excluding hydrogens is 540 g/mol. The van der Waals surface area contributed by atoms with Crippen molar-refractivity contribution >= 4 is 22.1 Å². The van der Waals surface area contributed by atoms with Gasteiger partial charge in [-0.15, -0.1) is 0 Å². The number of carbonyl (C=O) groups is 2. The predicted molar refractivity (Wildman–Crippen MR) is 166 cm³/mol. The van der Waals surface area contributed by atoms with Crippen LogP contribution in [0.1, 0.15) is 163 Å². The van der Waals surface area contributed by atoms with Gasteiger partial charge in [0.05, 0.1) is 29.6 Å².